The Kier molecular flexibility index (Phi) is 7.93. The van der Waals surface area contributed by atoms with Crippen molar-refractivity contribution >= 4 is 39.4 Å². The largest absolute Gasteiger partial charge is 0.469 e. The Hall–Kier alpha value is -3.31. The summed E-state index contributed by atoms with van der Waals surface area (Å²) in [4.78, 5) is 24.5. The molecule has 1 aliphatic heterocycles. The van der Waals surface area contributed by atoms with Crippen molar-refractivity contribution < 1.29 is 27.1 Å². The molecule has 0 aromatic heterocycles. The molecule has 1 saturated heterocycles. The monoisotopic (exact) mass is 545 g/mol. The molecular formula is C26H25ClFN3O5S. The number of benzene rings is 3. The van der Waals surface area contributed by atoms with Crippen molar-refractivity contribution in [1.29, 1.82) is 0 Å². The number of rotatable bonds is 6. The van der Waals surface area contributed by atoms with Gasteiger partial charge in [-0.15, -0.1) is 0 Å². The van der Waals surface area contributed by atoms with Gasteiger partial charge in [-0.05, 0) is 52.9 Å². The predicted molar refractivity (Wildman–Crippen MR) is 139 cm³/mol. The molecule has 0 bridgehead atoms. The highest BCUT2D eigenvalue weighted by Crippen LogP contribution is 2.31. The molecule has 2 unspecified atom stereocenters. The van der Waals surface area contributed by atoms with Gasteiger partial charge in [-0.1, -0.05) is 54.1 Å². The van der Waals surface area contributed by atoms with Gasteiger partial charge in [0.25, 0.3) is 10.2 Å². The number of amides is 1. The smallest absolute Gasteiger partial charge is 0.309 e. The van der Waals surface area contributed by atoms with Crippen molar-refractivity contribution in [2.45, 2.75) is 24.9 Å². The molecule has 1 heterocycles. The Morgan fingerprint density at radius 1 is 1.11 bits per heavy atom. The molecule has 194 valence electrons. The molecule has 2 N–H and O–H groups in total. The van der Waals surface area contributed by atoms with Crippen LogP contribution in [0.15, 0.2) is 66.7 Å². The summed E-state index contributed by atoms with van der Waals surface area (Å²) in [7, 11) is -1.30. The first kappa shape index (κ1) is 26.7. The summed E-state index contributed by atoms with van der Waals surface area (Å²) in [5, 5.41) is 2.47. The van der Waals surface area contributed by atoms with Gasteiger partial charge in [0, 0.05) is 18.8 Å². The van der Waals surface area contributed by atoms with Crippen LogP contribution < -0.4 is 10.0 Å². The van der Waals surface area contributed by atoms with Crippen molar-refractivity contribution in [3.63, 3.8) is 0 Å². The van der Waals surface area contributed by atoms with E-state index in [1.165, 1.54) is 26.3 Å². The Morgan fingerprint density at radius 2 is 1.84 bits per heavy atom. The van der Waals surface area contributed by atoms with E-state index in [1.807, 2.05) is 42.5 Å². The molecule has 37 heavy (non-hydrogen) atoms. The highest BCUT2D eigenvalue weighted by molar-refractivity contribution is 7.87. The molecule has 11 heteroatoms. The molecule has 0 radical (unpaired) electrons. The number of halogens is 2. The van der Waals surface area contributed by atoms with Crippen molar-refractivity contribution in [3.8, 4) is 11.1 Å². The molecule has 4 rings (SSSR count). The molecule has 3 aromatic carbocycles. The number of carbonyl (C=O) groups excluding carboxylic acids is 2. The zero-order valence-electron chi connectivity index (χ0n) is 20.1. The first-order valence-corrected chi connectivity index (χ1v) is 13.2. The van der Waals surface area contributed by atoms with E-state index in [0.717, 1.165) is 27.1 Å². The molecule has 2 atom stereocenters. The lowest BCUT2D eigenvalue weighted by molar-refractivity contribution is -0.139. The second kappa shape index (κ2) is 11.0. The van der Waals surface area contributed by atoms with Gasteiger partial charge in [0.2, 0.25) is 5.91 Å². The third kappa shape index (κ3) is 6.16. The van der Waals surface area contributed by atoms with Gasteiger partial charge in [0.1, 0.15) is 11.9 Å². The van der Waals surface area contributed by atoms with Gasteiger partial charge in [-0.3, -0.25) is 9.59 Å². The Bertz CT molecular complexity index is 1430. The number of likely N-dealkylation sites (N-methyl/N-ethyl adjacent to an activating group) is 1. The molecule has 0 spiro atoms. The quantitative estimate of drug-likeness (QED) is 0.454. The van der Waals surface area contributed by atoms with Crippen LogP contribution >= 0.6 is 11.6 Å². The third-order valence-corrected chi connectivity index (χ3v) is 8.10. The van der Waals surface area contributed by atoms with Crippen molar-refractivity contribution in [2.24, 2.45) is 0 Å². The van der Waals surface area contributed by atoms with Crippen LogP contribution in [0.25, 0.3) is 11.1 Å². The lowest BCUT2D eigenvalue weighted by Crippen LogP contribution is -2.55. The average molecular weight is 546 g/mol. The number of hydrogen-bond acceptors (Lipinski definition) is 5. The first-order chi connectivity index (χ1) is 17.6. The van der Waals surface area contributed by atoms with Gasteiger partial charge in [-0.25, -0.2) is 4.39 Å². The Balaban J connectivity index is 1.55. The first-order valence-electron chi connectivity index (χ1n) is 11.3. The van der Waals surface area contributed by atoms with E-state index in [4.69, 9.17) is 16.3 Å². The minimum atomic E-state index is -3.96. The van der Waals surface area contributed by atoms with Crippen LogP contribution in [0.1, 0.15) is 23.6 Å². The van der Waals surface area contributed by atoms with Crippen LogP contribution in [0.2, 0.25) is 5.02 Å². The summed E-state index contributed by atoms with van der Waals surface area (Å²) >= 11 is 5.80. The maximum atomic E-state index is 13.5. The normalized spacial score (nSPS) is 19.2. The van der Waals surface area contributed by atoms with Crippen LogP contribution in [0.5, 0.6) is 0 Å². The second-order valence-corrected chi connectivity index (χ2v) is 10.8. The molecule has 8 nitrogen and oxygen atoms in total. The fourth-order valence-corrected chi connectivity index (χ4v) is 5.57. The van der Waals surface area contributed by atoms with Crippen LogP contribution in [0.3, 0.4) is 0 Å². The lowest BCUT2D eigenvalue weighted by Gasteiger charge is -2.36. The van der Waals surface area contributed by atoms with E-state index < -0.39 is 34.0 Å². The molecule has 1 amide bonds. The van der Waals surface area contributed by atoms with Gasteiger partial charge in [0.05, 0.1) is 18.6 Å². The third-order valence-electron chi connectivity index (χ3n) is 6.21. The average Bonchev–Trinajstić information content (AvgIpc) is 2.88. The minimum Gasteiger partial charge on any atom is -0.469 e. The molecule has 1 fully saturated rings. The minimum absolute atomic E-state index is 0.155. The molecule has 0 aliphatic carbocycles. The summed E-state index contributed by atoms with van der Waals surface area (Å²) in [5.41, 5.74) is 3.49. The van der Waals surface area contributed by atoms with Gasteiger partial charge >= 0.3 is 5.97 Å². The number of ether oxygens (including phenoxy) is 1. The summed E-state index contributed by atoms with van der Waals surface area (Å²) in [6.07, 6.45) is 0.333. The number of esters is 1. The molecule has 0 saturated carbocycles. The standard InChI is InChI=1S/C26H25ClFN3O5S/c1-31-24(26(33)29-20-10-11-22(28)21(27)14-20)15-23(30-37(31,34)35)19-5-3-4-18(13-19)17-8-6-16(7-9-17)12-25(32)36-2/h3-11,13-14,23-24,30H,12,15H2,1-2H3,(H,29,33). The van der Waals surface area contributed by atoms with E-state index in [1.54, 1.807) is 6.07 Å². The number of carbonyl (C=O) groups is 2. The number of hydrogen-bond donors (Lipinski definition) is 2. The van der Waals surface area contributed by atoms with Crippen LogP contribution in [-0.2, 0) is 31.0 Å². The molecule has 3 aromatic rings. The Morgan fingerprint density at radius 3 is 2.51 bits per heavy atom. The number of nitrogens with zero attached hydrogens (tertiary/aromatic N) is 1. The summed E-state index contributed by atoms with van der Waals surface area (Å²) in [6.45, 7) is 0. The van der Waals surface area contributed by atoms with E-state index in [-0.39, 0.29) is 29.5 Å². The van der Waals surface area contributed by atoms with Crippen molar-refractivity contribution in [1.82, 2.24) is 9.03 Å². The highest BCUT2D eigenvalue weighted by Gasteiger charge is 2.40. The number of methoxy groups -OCH3 is 1. The fraction of sp³-hybridized carbons (Fsp3) is 0.231. The molecule has 1 aliphatic rings. The van der Waals surface area contributed by atoms with Crippen LogP contribution in [-0.4, -0.2) is 44.8 Å². The summed E-state index contributed by atoms with van der Waals surface area (Å²) in [5.74, 6) is -1.51. The second-order valence-electron chi connectivity index (χ2n) is 8.64. The van der Waals surface area contributed by atoms with Crippen molar-refractivity contribution in [3.05, 3.63) is 88.7 Å². The van der Waals surface area contributed by atoms with Gasteiger partial charge in [0.15, 0.2) is 0 Å². The van der Waals surface area contributed by atoms with E-state index in [0.29, 0.717) is 5.56 Å². The Labute approximate surface area is 219 Å². The maximum Gasteiger partial charge on any atom is 0.309 e. The maximum absolute atomic E-state index is 13.5. The van der Waals surface area contributed by atoms with E-state index in [2.05, 4.69) is 10.0 Å². The van der Waals surface area contributed by atoms with E-state index >= 15 is 0 Å². The van der Waals surface area contributed by atoms with Crippen molar-refractivity contribution in [2.75, 3.05) is 19.5 Å². The molecular weight excluding hydrogens is 521 g/mol. The predicted octanol–water partition coefficient (Wildman–Crippen LogP) is 4.08. The number of anilines is 1. The van der Waals surface area contributed by atoms with E-state index in [9.17, 15) is 22.4 Å². The summed E-state index contributed by atoms with van der Waals surface area (Å²) < 4.78 is 47.5. The van der Waals surface area contributed by atoms with Gasteiger partial charge in [-0.2, -0.15) is 17.4 Å². The zero-order valence-corrected chi connectivity index (χ0v) is 21.6. The highest BCUT2D eigenvalue weighted by atomic mass is 35.5. The number of nitrogens with one attached hydrogen (secondary N) is 2. The van der Waals surface area contributed by atoms with Gasteiger partial charge < -0.3 is 10.1 Å². The zero-order chi connectivity index (χ0) is 26.7. The topological polar surface area (TPSA) is 105 Å². The fourth-order valence-electron chi connectivity index (χ4n) is 4.11. The van der Waals surface area contributed by atoms with Crippen LogP contribution in [0, 0.1) is 5.82 Å². The summed E-state index contributed by atoms with van der Waals surface area (Å²) in [6, 6.07) is 16.9. The lowest BCUT2D eigenvalue weighted by atomic mass is 9.95. The van der Waals surface area contributed by atoms with Crippen LogP contribution in [0.4, 0.5) is 10.1 Å². The SMILES string of the molecule is COC(=O)Cc1ccc(-c2cccc(C3CC(C(=O)Nc4ccc(F)c(Cl)c4)N(C)S(=O)(=O)N3)c2)cc1.